The Bertz CT molecular complexity index is 1630. The van der Waals surface area contributed by atoms with Gasteiger partial charge in [-0.3, -0.25) is 0 Å². The SMILES string of the molecule is CC1(C)c2ccc([n-]2)-c2cn(-c3ccccc3)c(n2)C(C)(C)c2ccc([n-]2)-c2cn(-c3ccccc3)c1n2.[Co+2]. The molecule has 0 spiro atoms. The van der Waals surface area contributed by atoms with Crippen LogP contribution in [0, 0.1) is 0 Å². The molecule has 0 saturated heterocycles. The third-order valence-corrected chi connectivity index (χ3v) is 7.68. The Hall–Kier alpha value is -4.07. The zero-order chi connectivity index (χ0) is 26.1. The Labute approximate surface area is 238 Å². The van der Waals surface area contributed by atoms with Crippen LogP contribution in [0.2, 0.25) is 0 Å². The summed E-state index contributed by atoms with van der Waals surface area (Å²) in [5.74, 6) is 1.83. The molecule has 1 radical (unpaired) electrons. The zero-order valence-corrected chi connectivity index (χ0v) is 23.3. The summed E-state index contributed by atoms with van der Waals surface area (Å²) < 4.78 is 4.34. The first-order valence-corrected chi connectivity index (χ1v) is 12.9. The molecule has 7 heteroatoms. The average molecular weight is 556 g/mol. The maximum atomic E-state index is 5.17. The molecule has 0 atom stereocenters. The Kier molecular flexibility index (Phi) is 5.82. The van der Waals surface area contributed by atoms with Crippen molar-refractivity contribution in [1.29, 1.82) is 0 Å². The van der Waals surface area contributed by atoms with Gasteiger partial charge in [0.05, 0.1) is 11.4 Å². The topological polar surface area (TPSA) is 63.8 Å². The van der Waals surface area contributed by atoms with Gasteiger partial charge in [0.25, 0.3) is 0 Å². The third kappa shape index (κ3) is 3.92. The molecule has 4 aromatic heterocycles. The van der Waals surface area contributed by atoms with E-state index in [1.165, 1.54) is 0 Å². The molecule has 0 saturated carbocycles. The van der Waals surface area contributed by atoms with Crippen LogP contribution < -0.4 is 9.97 Å². The van der Waals surface area contributed by atoms with E-state index in [9.17, 15) is 0 Å². The Morgan fingerprint density at radius 1 is 0.538 bits per heavy atom. The van der Waals surface area contributed by atoms with E-state index in [1.807, 2.05) is 12.1 Å². The fourth-order valence-corrected chi connectivity index (χ4v) is 5.39. The van der Waals surface area contributed by atoms with Crippen LogP contribution in [0.3, 0.4) is 0 Å². The van der Waals surface area contributed by atoms with Gasteiger partial charge in [-0.1, -0.05) is 88.4 Å². The molecule has 5 heterocycles. The van der Waals surface area contributed by atoms with E-state index in [4.69, 9.17) is 19.9 Å². The van der Waals surface area contributed by atoms with Crippen LogP contribution in [-0.2, 0) is 27.6 Å². The van der Waals surface area contributed by atoms with Gasteiger partial charge < -0.3 is 19.1 Å². The first kappa shape index (κ1) is 25.2. The van der Waals surface area contributed by atoms with E-state index < -0.39 is 10.8 Å². The number of para-hydroxylation sites is 2. The fraction of sp³-hybridized carbons (Fsp3) is 0.188. The maximum absolute atomic E-state index is 5.17. The van der Waals surface area contributed by atoms with Crippen molar-refractivity contribution in [3.63, 3.8) is 0 Å². The number of aromatic nitrogens is 6. The molecule has 0 aliphatic carbocycles. The summed E-state index contributed by atoms with van der Waals surface area (Å²) in [5, 5.41) is 0. The number of rotatable bonds is 2. The summed E-state index contributed by atoms with van der Waals surface area (Å²) in [6.07, 6.45) is 4.19. The van der Waals surface area contributed by atoms with Crippen molar-refractivity contribution >= 4 is 0 Å². The van der Waals surface area contributed by atoms with Crippen LogP contribution in [0.25, 0.3) is 34.2 Å². The minimum Gasteiger partial charge on any atom is -0.659 e. The van der Waals surface area contributed by atoms with Crippen molar-refractivity contribution in [1.82, 2.24) is 29.1 Å². The second kappa shape index (κ2) is 9.00. The second-order valence-electron chi connectivity index (χ2n) is 11.0. The van der Waals surface area contributed by atoms with Crippen molar-refractivity contribution < 1.29 is 16.8 Å². The molecule has 2 aromatic carbocycles. The molecule has 7 rings (SSSR count). The minimum absolute atomic E-state index is 0. The number of fused-ring (bicyclic) bond motifs is 10. The van der Waals surface area contributed by atoms with Crippen molar-refractivity contribution in [2.75, 3.05) is 0 Å². The van der Waals surface area contributed by atoms with Gasteiger partial charge in [-0.2, -0.15) is 0 Å². The monoisotopic (exact) mass is 555 g/mol. The van der Waals surface area contributed by atoms with Crippen LogP contribution in [0.4, 0.5) is 0 Å². The molecule has 0 unspecified atom stereocenters. The van der Waals surface area contributed by atoms with Crippen LogP contribution in [0.5, 0.6) is 0 Å². The predicted molar refractivity (Wildman–Crippen MR) is 149 cm³/mol. The molecule has 39 heavy (non-hydrogen) atoms. The summed E-state index contributed by atoms with van der Waals surface area (Å²) in [6.45, 7) is 8.71. The predicted octanol–water partition coefficient (Wildman–Crippen LogP) is 6.27. The van der Waals surface area contributed by atoms with Gasteiger partial charge in [0.1, 0.15) is 11.6 Å². The summed E-state index contributed by atoms with van der Waals surface area (Å²) >= 11 is 0. The smallest absolute Gasteiger partial charge is 0.659 e. The van der Waals surface area contributed by atoms with Gasteiger partial charge in [-0.25, -0.2) is 9.97 Å². The van der Waals surface area contributed by atoms with Crippen LogP contribution >= 0.6 is 0 Å². The molecule has 0 fully saturated rings. The van der Waals surface area contributed by atoms with Gasteiger partial charge >= 0.3 is 16.8 Å². The number of hydrogen-bond donors (Lipinski definition) is 0. The summed E-state index contributed by atoms with van der Waals surface area (Å²) in [4.78, 5) is 20.6. The Morgan fingerprint density at radius 2 is 0.923 bits per heavy atom. The number of nitrogens with zero attached hydrogens (tertiary/aromatic N) is 6. The number of imidazole rings is 2. The summed E-state index contributed by atoms with van der Waals surface area (Å²) in [7, 11) is 0. The third-order valence-electron chi connectivity index (χ3n) is 7.68. The average Bonchev–Trinajstić information content (AvgIpc) is 3.73. The molecule has 195 valence electrons. The molecule has 0 N–H and O–H groups in total. The maximum Gasteiger partial charge on any atom is 2.00 e. The van der Waals surface area contributed by atoms with Crippen LogP contribution in [0.15, 0.2) is 97.3 Å². The molecule has 6 nitrogen and oxygen atoms in total. The van der Waals surface area contributed by atoms with E-state index in [0.29, 0.717) is 0 Å². The van der Waals surface area contributed by atoms with Crippen LogP contribution in [-0.4, -0.2) is 19.1 Å². The first-order chi connectivity index (χ1) is 18.3. The van der Waals surface area contributed by atoms with Crippen molar-refractivity contribution in [2.24, 2.45) is 0 Å². The summed E-state index contributed by atoms with van der Waals surface area (Å²) in [6, 6.07) is 29.0. The molecule has 8 bridgehead atoms. The van der Waals surface area contributed by atoms with E-state index in [2.05, 4.69) is 122 Å². The van der Waals surface area contributed by atoms with Gasteiger partial charge in [0.2, 0.25) is 0 Å². The zero-order valence-electron chi connectivity index (χ0n) is 22.3. The molecular formula is C32H28CoN6. The van der Waals surface area contributed by atoms with Gasteiger partial charge in [0, 0.05) is 34.6 Å². The van der Waals surface area contributed by atoms with E-state index >= 15 is 0 Å². The van der Waals surface area contributed by atoms with Crippen LogP contribution in [0.1, 0.15) is 50.7 Å². The van der Waals surface area contributed by atoms with Crippen molar-refractivity contribution in [3.8, 4) is 34.2 Å². The number of hydrogen-bond acceptors (Lipinski definition) is 2. The molecule has 0 amide bonds. The summed E-state index contributed by atoms with van der Waals surface area (Å²) in [5.41, 5.74) is 6.48. The second-order valence-corrected chi connectivity index (χ2v) is 11.0. The van der Waals surface area contributed by atoms with Crippen molar-refractivity contribution in [2.45, 2.75) is 38.5 Å². The largest absolute Gasteiger partial charge is 2.00 e. The van der Waals surface area contributed by atoms with Gasteiger partial charge in [-0.05, 0) is 24.3 Å². The quantitative estimate of drug-likeness (QED) is 0.253. The molecule has 6 aromatic rings. The minimum atomic E-state index is -0.462. The molecular weight excluding hydrogens is 527 g/mol. The standard InChI is InChI=1S/C32H28N6.Co/c1-31(2)27-17-15-23(33-27)26-20-38(22-13-9-6-10-14-22)30(36-26)32(3,4)28-18-16-24(34-28)25-19-37(29(31)35-25)21-11-7-5-8-12-21;/h5-20H,1-4H3;/q-2;+2. The molecule has 1 aliphatic rings. The first-order valence-electron chi connectivity index (χ1n) is 12.9. The molecule has 1 aliphatic heterocycles. The number of benzene rings is 2. The fourth-order valence-electron chi connectivity index (χ4n) is 5.39. The van der Waals surface area contributed by atoms with Crippen molar-refractivity contribution in [3.05, 3.63) is 120 Å². The Balaban J connectivity index is 0.00000277. The Morgan fingerprint density at radius 3 is 1.31 bits per heavy atom. The normalized spacial score (nSPS) is 14.9. The van der Waals surface area contributed by atoms with E-state index in [0.717, 1.165) is 57.2 Å². The van der Waals surface area contributed by atoms with E-state index in [1.54, 1.807) is 0 Å². The van der Waals surface area contributed by atoms with Gasteiger partial charge in [0.15, 0.2) is 0 Å². The van der Waals surface area contributed by atoms with Gasteiger partial charge in [-0.15, -0.1) is 22.8 Å². The van der Waals surface area contributed by atoms with E-state index in [-0.39, 0.29) is 16.8 Å².